The summed E-state index contributed by atoms with van der Waals surface area (Å²) in [4.78, 5) is 23.6. The van der Waals surface area contributed by atoms with E-state index >= 15 is 0 Å². The van der Waals surface area contributed by atoms with Gasteiger partial charge in [-0.05, 0) is 24.5 Å². The van der Waals surface area contributed by atoms with E-state index in [1.165, 1.54) is 23.0 Å². The molecule has 0 heterocycles. The number of rotatable bonds is 1. The summed E-state index contributed by atoms with van der Waals surface area (Å²) in [5, 5.41) is 9.12. The molecule has 0 aromatic heterocycles. The van der Waals surface area contributed by atoms with Crippen molar-refractivity contribution in [1.29, 1.82) is 5.26 Å². The Balaban J connectivity index is 2.65. The number of hydrogen-bond donors (Lipinski definition) is 0. The number of carbonyl (C=O) groups excluding carboxylic acids is 2. The Labute approximate surface area is 124 Å². The van der Waals surface area contributed by atoms with Crippen molar-refractivity contribution in [2.24, 2.45) is 0 Å². The molecule has 0 fully saturated rings. The fourth-order valence-electron chi connectivity index (χ4n) is 2.18. The van der Waals surface area contributed by atoms with Crippen LogP contribution in [0, 0.1) is 11.3 Å². The largest absolute Gasteiger partial charge is 0.390 e. The van der Waals surface area contributed by atoms with Crippen LogP contribution in [0.3, 0.4) is 0 Å². The summed E-state index contributed by atoms with van der Waals surface area (Å²) in [6, 6.07) is 1.84. The predicted octanol–water partition coefficient (Wildman–Crippen LogP) is 2.88. The molecule has 0 aliphatic heterocycles. The van der Waals surface area contributed by atoms with Gasteiger partial charge in [0.05, 0.1) is 0 Å². The minimum absolute atomic E-state index is 0.0683. The quantitative estimate of drug-likeness (QED) is 0.406. The molecule has 2 aliphatic rings. The van der Waals surface area contributed by atoms with Crippen molar-refractivity contribution in [2.45, 2.75) is 19.8 Å². The summed E-state index contributed by atoms with van der Waals surface area (Å²) < 4.78 is 4.57. The van der Waals surface area contributed by atoms with E-state index in [1.807, 2.05) is 25.1 Å². The minimum Gasteiger partial charge on any atom is -0.390 e. The van der Waals surface area contributed by atoms with Gasteiger partial charge in [0.2, 0.25) is 0 Å². The maximum atomic E-state index is 12.0. The molecule has 96 valence electrons. The van der Waals surface area contributed by atoms with E-state index in [0.29, 0.717) is 16.7 Å². The summed E-state index contributed by atoms with van der Waals surface area (Å²) in [6.45, 7) is 1.95. The van der Waals surface area contributed by atoms with Crippen molar-refractivity contribution in [2.75, 3.05) is 0 Å². The summed E-state index contributed by atoms with van der Waals surface area (Å²) in [7, 11) is 0. The van der Waals surface area contributed by atoms with E-state index in [9.17, 15) is 9.59 Å². The zero-order valence-corrected chi connectivity index (χ0v) is 12.4. The van der Waals surface area contributed by atoms with E-state index in [1.54, 1.807) is 6.08 Å². The van der Waals surface area contributed by atoms with Gasteiger partial charge in [-0.2, -0.15) is 5.26 Å². The molecule has 5 heteroatoms. The molecule has 0 amide bonds. The van der Waals surface area contributed by atoms with Crippen molar-refractivity contribution in [3.05, 3.63) is 46.1 Å². The van der Waals surface area contributed by atoms with Crippen LogP contribution in [-0.4, -0.2) is 11.8 Å². The lowest BCUT2D eigenvalue weighted by molar-refractivity contribution is -0.126. The molecular weight excluding hydrogens is 357 g/mol. The second-order valence-electron chi connectivity index (χ2n) is 4.35. The maximum absolute atomic E-state index is 12.0. The number of nitriles is 1. The van der Waals surface area contributed by atoms with Crippen LogP contribution in [0.4, 0.5) is 0 Å². The highest BCUT2D eigenvalue weighted by Gasteiger charge is 2.30. The highest BCUT2D eigenvalue weighted by Crippen LogP contribution is 2.35. The molecular formula is C14H10INO3. The average Bonchev–Trinajstić information content (AvgIpc) is 2.58. The van der Waals surface area contributed by atoms with Crippen molar-refractivity contribution >= 4 is 34.8 Å². The first kappa shape index (κ1) is 13.7. The number of carbonyl (C=O) groups is 2. The first-order valence-corrected chi connectivity index (χ1v) is 6.54. The monoisotopic (exact) mass is 367 g/mol. The van der Waals surface area contributed by atoms with Gasteiger partial charge in [0, 0.05) is 12.0 Å². The third kappa shape index (κ3) is 2.54. The van der Waals surface area contributed by atoms with Crippen LogP contribution in [-0.2, 0) is 12.7 Å². The Hall–Kier alpha value is -1.68. The molecule has 0 bridgehead atoms. The Morgan fingerprint density at radius 1 is 1.47 bits per heavy atom. The normalized spacial score (nSPS) is 20.5. The van der Waals surface area contributed by atoms with Gasteiger partial charge < -0.3 is 3.07 Å². The summed E-state index contributed by atoms with van der Waals surface area (Å²) in [6.07, 6.45) is 6.38. The van der Waals surface area contributed by atoms with E-state index < -0.39 is 5.97 Å². The first-order chi connectivity index (χ1) is 9.08. The molecule has 0 unspecified atom stereocenters. The topological polar surface area (TPSA) is 67.2 Å². The first-order valence-electron chi connectivity index (χ1n) is 5.66. The standard InChI is InChI=1S/C14H10INO3/c1-8-3-2-4-9-10(5-8)11(6-13(9)17)12(7-16)14(18)19-15/h2,4-5H,3,6H2,1H3/b12-11-. The van der Waals surface area contributed by atoms with Crippen LogP contribution in [0.1, 0.15) is 19.8 Å². The second-order valence-corrected chi connectivity index (χ2v) is 4.79. The van der Waals surface area contributed by atoms with Crippen LogP contribution >= 0.6 is 23.0 Å². The number of hydrogen-bond acceptors (Lipinski definition) is 4. The Morgan fingerprint density at radius 3 is 2.84 bits per heavy atom. The molecule has 2 rings (SSSR count). The molecule has 19 heavy (non-hydrogen) atoms. The number of ketones is 1. The molecule has 0 aromatic carbocycles. The lowest BCUT2D eigenvalue weighted by Crippen LogP contribution is -2.04. The lowest BCUT2D eigenvalue weighted by atomic mass is 10.00. The van der Waals surface area contributed by atoms with E-state index in [2.05, 4.69) is 3.07 Å². The number of Topliss-reactive ketones (excluding diaryl/α,β-unsaturated/α-hetero) is 1. The fraction of sp³-hybridized carbons (Fsp3) is 0.214. The highest BCUT2D eigenvalue weighted by molar-refractivity contribution is 14.1. The van der Waals surface area contributed by atoms with E-state index in [4.69, 9.17) is 5.26 Å². The van der Waals surface area contributed by atoms with Crippen molar-refractivity contribution in [3.63, 3.8) is 0 Å². The lowest BCUT2D eigenvalue weighted by Gasteiger charge is -2.04. The van der Waals surface area contributed by atoms with Gasteiger partial charge >= 0.3 is 5.97 Å². The van der Waals surface area contributed by atoms with Gasteiger partial charge in [-0.3, -0.25) is 4.79 Å². The predicted molar refractivity (Wildman–Crippen MR) is 76.9 cm³/mol. The number of allylic oxidation sites excluding steroid dienone is 7. The molecule has 2 aliphatic carbocycles. The van der Waals surface area contributed by atoms with Crippen LogP contribution in [0.5, 0.6) is 0 Å². The van der Waals surface area contributed by atoms with Gasteiger partial charge in [-0.25, -0.2) is 4.79 Å². The smallest absolute Gasteiger partial charge is 0.358 e. The summed E-state index contributed by atoms with van der Waals surface area (Å²) in [5.74, 6) is -0.778. The summed E-state index contributed by atoms with van der Waals surface area (Å²) in [5.41, 5.74) is 2.70. The van der Waals surface area contributed by atoms with Crippen LogP contribution < -0.4 is 0 Å². The van der Waals surface area contributed by atoms with Gasteiger partial charge in [0.25, 0.3) is 0 Å². The second kappa shape index (κ2) is 5.53. The van der Waals surface area contributed by atoms with E-state index in [-0.39, 0.29) is 17.8 Å². The van der Waals surface area contributed by atoms with Gasteiger partial charge in [-0.15, -0.1) is 0 Å². The van der Waals surface area contributed by atoms with Crippen LogP contribution in [0.25, 0.3) is 0 Å². The van der Waals surface area contributed by atoms with Crippen molar-refractivity contribution < 1.29 is 12.7 Å². The van der Waals surface area contributed by atoms with Gasteiger partial charge in [0.15, 0.2) is 28.8 Å². The zero-order chi connectivity index (χ0) is 14.0. The Morgan fingerprint density at radius 2 is 2.21 bits per heavy atom. The number of nitrogens with zero attached hydrogens (tertiary/aromatic N) is 1. The summed E-state index contributed by atoms with van der Waals surface area (Å²) >= 11 is 1.44. The molecule has 4 nitrogen and oxygen atoms in total. The molecule has 0 radical (unpaired) electrons. The van der Waals surface area contributed by atoms with Crippen molar-refractivity contribution in [3.8, 4) is 6.07 Å². The SMILES string of the molecule is CC1=CC2=C(C=CC1)C(=O)C/C2=C(\C#N)C(=O)OI. The highest BCUT2D eigenvalue weighted by atomic mass is 127. The molecule has 0 saturated heterocycles. The van der Waals surface area contributed by atoms with Crippen LogP contribution in [0.15, 0.2) is 46.1 Å². The van der Waals surface area contributed by atoms with Crippen LogP contribution in [0.2, 0.25) is 0 Å². The average molecular weight is 367 g/mol. The van der Waals surface area contributed by atoms with Crippen molar-refractivity contribution in [1.82, 2.24) is 0 Å². The molecule has 0 atom stereocenters. The van der Waals surface area contributed by atoms with Gasteiger partial charge in [-0.1, -0.05) is 23.8 Å². The molecule has 0 N–H and O–H groups in total. The minimum atomic E-state index is -0.709. The number of halogens is 1. The Kier molecular flexibility index (Phi) is 4.00. The zero-order valence-electron chi connectivity index (χ0n) is 10.2. The van der Waals surface area contributed by atoms with E-state index in [0.717, 1.165) is 12.0 Å². The maximum Gasteiger partial charge on any atom is 0.358 e. The fourth-order valence-corrected chi connectivity index (χ4v) is 2.40. The Bertz CT molecular complexity index is 630. The van der Waals surface area contributed by atoms with Gasteiger partial charge in [0.1, 0.15) is 11.6 Å². The molecule has 0 spiro atoms. The third-order valence-electron chi connectivity index (χ3n) is 3.06. The molecule has 0 aromatic rings. The third-order valence-corrected chi connectivity index (χ3v) is 3.46. The molecule has 0 saturated carbocycles.